The molecule has 0 unspecified atom stereocenters. The standard InChI is InChI=1S/C17H29N3S.HI/c1-5-15-8-10-16(11-9-15)14-20(3)17(18-2)19-12-6-7-13-21-4;/h8-11H,5-7,12-14H2,1-4H3,(H,18,19);1H. The Morgan fingerprint density at radius 1 is 1.18 bits per heavy atom. The molecule has 1 N–H and O–H groups in total. The van der Waals surface area contributed by atoms with Gasteiger partial charge in [0.2, 0.25) is 0 Å². The minimum Gasteiger partial charge on any atom is -0.356 e. The molecule has 126 valence electrons. The highest BCUT2D eigenvalue weighted by Crippen LogP contribution is 2.07. The van der Waals surface area contributed by atoms with E-state index in [-0.39, 0.29) is 24.0 Å². The lowest BCUT2D eigenvalue weighted by atomic mass is 10.1. The quantitative estimate of drug-likeness (QED) is 0.289. The fourth-order valence-corrected chi connectivity index (χ4v) is 2.68. The fourth-order valence-electron chi connectivity index (χ4n) is 2.19. The fraction of sp³-hybridized carbons (Fsp3) is 0.588. The van der Waals surface area contributed by atoms with Crippen molar-refractivity contribution in [1.82, 2.24) is 10.2 Å². The van der Waals surface area contributed by atoms with Gasteiger partial charge < -0.3 is 10.2 Å². The summed E-state index contributed by atoms with van der Waals surface area (Å²) in [5, 5.41) is 3.44. The molecule has 0 aliphatic carbocycles. The first-order chi connectivity index (χ1) is 10.2. The molecule has 0 radical (unpaired) electrons. The van der Waals surface area contributed by atoms with Gasteiger partial charge in [-0.05, 0) is 42.4 Å². The molecular weight excluding hydrogens is 405 g/mol. The molecule has 0 aliphatic rings. The van der Waals surface area contributed by atoms with Crippen LogP contribution in [-0.4, -0.2) is 43.5 Å². The molecule has 0 amide bonds. The van der Waals surface area contributed by atoms with Crippen LogP contribution in [0.3, 0.4) is 0 Å². The zero-order valence-corrected chi connectivity index (χ0v) is 17.4. The van der Waals surface area contributed by atoms with Gasteiger partial charge in [0, 0.05) is 27.2 Å². The lowest BCUT2D eigenvalue weighted by Gasteiger charge is -2.22. The van der Waals surface area contributed by atoms with Crippen molar-refractivity contribution >= 4 is 41.7 Å². The van der Waals surface area contributed by atoms with Crippen LogP contribution in [-0.2, 0) is 13.0 Å². The molecule has 1 aromatic rings. The second-order valence-corrected chi connectivity index (χ2v) is 6.19. The lowest BCUT2D eigenvalue weighted by molar-refractivity contribution is 0.475. The molecule has 0 bridgehead atoms. The predicted molar refractivity (Wildman–Crippen MR) is 112 cm³/mol. The number of hydrogen-bond acceptors (Lipinski definition) is 2. The lowest BCUT2D eigenvalue weighted by Crippen LogP contribution is -2.38. The normalized spacial score (nSPS) is 11.0. The van der Waals surface area contributed by atoms with Crippen LogP contribution in [0.25, 0.3) is 0 Å². The summed E-state index contributed by atoms with van der Waals surface area (Å²) in [4.78, 5) is 6.54. The number of unbranched alkanes of at least 4 members (excludes halogenated alkanes) is 1. The van der Waals surface area contributed by atoms with Gasteiger partial charge in [-0.2, -0.15) is 11.8 Å². The number of benzene rings is 1. The number of aliphatic imine (C=N–C) groups is 1. The number of nitrogens with zero attached hydrogens (tertiary/aromatic N) is 2. The van der Waals surface area contributed by atoms with Gasteiger partial charge in [0.05, 0.1) is 0 Å². The van der Waals surface area contributed by atoms with E-state index in [0.29, 0.717) is 0 Å². The first-order valence-corrected chi connectivity index (χ1v) is 9.09. The molecule has 0 saturated carbocycles. The molecular formula is C17H30IN3S. The number of hydrogen-bond donors (Lipinski definition) is 1. The molecule has 0 aromatic heterocycles. The molecule has 22 heavy (non-hydrogen) atoms. The van der Waals surface area contributed by atoms with Crippen molar-refractivity contribution < 1.29 is 0 Å². The molecule has 5 heteroatoms. The minimum absolute atomic E-state index is 0. The summed E-state index contributed by atoms with van der Waals surface area (Å²) >= 11 is 1.91. The first-order valence-electron chi connectivity index (χ1n) is 7.69. The van der Waals surface area contributed by atoms with Crippen molar-refractivity contribution in [2.45, 2.75) is 32.7 Å². The highest BCUT2D eigenvalue weighted by molar-refractivity contribution is 14.0. The van der Waals surface area contributed by atoms with Crippen molar-refractivity contribution in [3.63, 3.8) is 0 Å². The maximum Gasteiger partial charge on any atom is 0.193 e. The third kappa shape index (κ3) is 8.27. The van der Waals surface area contributed by atoms with Crippen LogP contribution >= 0.6 is 35.7 Å². The van der Waals surface area contributed by atoms with Crippen LogP contribution in [0, 0.1) is 0 Å². The molecule has 0 atom stereocenters. The maximum atomic E-state index is 4.36. The Labute approximate surface area is 157 Å². The summed E-state index contributed by atoms with van der Waals surface area (Å²) < 4.78 is 0. The average Bonchev–Trinajstić information content (AvgIpc) is 2.51. The van der Waals surface area contributed by atoms with Crippen LogP contribution in [0.5, 0.6) is 0 Å². The van der Waals surface area contributed by atoms with Gasteiger partial charge >= 0.3 is 0 Å². The Bertz CT molecular complexity index is 420. The second-order valence-electron chi connectivity index (χ2n) is 5.20. The summed E-state index contributed by atoms with van der Waals surface area (Å²) in [5.41, 5.74) is 2.71. The van der Waals surface area contributed by atoms with Crippen molar-refractivity contribution in [2.75, 3.05) is 32.6 Å². The van der Waals surface area contributed by atoms with Crippen molar-refractivity contribution in [1.29, 1.82) is 0 Å². The zero-order valence-electron chi connectivity index (χ0n) is 14.3. The van der Waals surface area contributed by atoms with Crippen molar-refractivity contribution in [3.05, 3.63) is 35.4 Å². The van der Waals surface area contributed by atoms with Crippen LogP contribution in [0.2, 0.25) is 0 Å². The average molecular weight is 435 g/mol. The van der Waals surface area contributed by atoms with Gasteiger partial charge in [-0.25, -0.2) is 0 Å². The molecule has 0 heterocycles. The summed E-state index contributed by atoms with van der Waals surface area (Å²) in [6.07, 6.45) is 5.70. The molecule has 3 nitrogen and oxygen atoms in total. The van der Waals surface area contributed by atoms with E-state index in [1.165, 1.54) is 29.7 Å². The van der Waals surface area contributed by atoms with Crippen LogP contribution < -0.4 is 5.32 Å². The molecule has 0 fully saturated rings. The van der Waals surface area contributed by atoms with E-state index in [4.69, 9.17) is 0 Å². The third-order valence-electron chi connectivity index (χ3n) is 3.48. The van der Waals surface area contributed by atoms with Gasteiger partial charge in [0.15, 0.2) is 5.96 Å². The zero-order chi connectivity index (χ0) is 15.5. The minimum atomic E-state index is 0. The van der Waals surface area contributed by atoms with Gasteiger partial charge in [0.25, 0.3) is 0 Å². The van der Waals surface area contributed by atoms with Crippen LogP contribution in [0.15, 0.2) is 29.3 Å². The Hall–Kier alpha value is -0.430. The number of nitrogens with one attached hydrogen (secondary N) is 1. The smallest absolute Gasteiger partial charge is 0.193 e. The Balaban J connectivity index is 0.00000441. The van der Waals surface area contributed by atoms with Crippen LogP contribution in [0.1, 0.15) is 30.9 Å². The topological polar surface area (TPSA) is 27.6 Å². The maximum absolute atomic E-state index is 4.36. The molecule has 0 saturated heterocycles. The molecule has 1 rings (SSSR count). The van der Waals surface area contributed by atoms with E-state index >= 15 is 0 Å². The highest BCUT2D eigenvalue weighted by Gasteiger charge is 2.06. The number of guanidine groups is 1. The Kier molecular flexibility index (Phi) is 12.8. The molecule has 1 aromatic carbocycles. The monoisotopic (exact) mass is 435 g/mol. The largest absolute Gasteiger partial charge is 0.356 e. The van der Waals surface area contributed by atoms with E-state index in [2.05, 4.69) is 59.7 Å². The van der Waals surface area contributed by atoms with Gasteiger partial charge in [-0.3, -0.25) is 4.99 Å². The summed E-state index contributed by atoms with van der Waals surface area (Å²) in [7, 11) is 3.94. The number of thioether (sulfide) groups is 1. The number of aryl methyl sites for hydroxylation is 1. The van der Waals surface area contributed by atoms with Gasteiger partial charge in [0.1, 0.15) is 0 Å². The van der Waals surface area contributed by atoms with E-state index in [9.17, 15) is 0 Å². The molecule has 0 spiro atoms. The van der Waals surface area contributed by atoms with Gasteiger partial charge in [-0.1, -0.05) is 31.2 Å². The van der Waals surface area contributed by atoms with E-state index in [1.54, 1.807) is 0 Å². The summed E-state index contributed by atoms with van der Waals surface area (Å²) in [6.45, 7) is 4.06. The first kappa shape index (κ1) is 21.6. The van der Waals surface area contributed by atoms with E-state index in [1.807, 2.05) is 18.8 Å². The second kappa shape index (κ2) is 13.0. The summed E-state index contributed by atoms with van der Waals surface area (Å²) in [5.74, 6) is 2.21. The SMILES string of the molecule is CCc1ccc(CN(C)C(=NC)NCCCCSC)cc1.I. The Morgan fingerprint density at radius 2 is 1.82 bits per heavy atom. The van der Waals surface area contributed by atoms with Crippen molar-refractivity contribution in [3.8, 4) is 0 Å². The van der Waals surface area contributed by atoms with Crippen molar-refractivity contribution in [2.24, 2.45) is 4.99 Å². The predicted octanol–water partition coefficient (Wildman–Crippen LogP) is 4.02. The number of rotatable bonds is 8. The Morgan fingerprint density at radius 3 is 2.36 bits per heavy atom. The summed E-state index contributed by atoms with van der Waals surface area (Å²) in [6, 6.07) is 8.84. The van der Waals surface area contributed by atoms with Gasteiger partial charge in [-0.15, -0.1) is 24.0 Å². The third-order valence-corrected chi connectivity index (χ3v) is 4.18. The number of halogens is 1. The molecule has 0 aliphatic heterocycles. The highest BCUT2D eigenvalue weighted by atomic mass is 127. The van der Waals surface area contributed by atoms with Crippen LogP contribution in [0.4, 0.5) is 0 Å². The van der Waals surface area contributed by atoms with E-state index < -0.39 is 0 Å². The van der Waals surface area contributed by atoms with E-state index in [0.717, 1.165) is 25.5 Å².